The second kappa shape index (κ2) is 17.2. The Labute approximate surface area is 227 Å². The van der Waals surface area contributed by atoms with Gasteiger partial charge in [0.25, 0.3) is 0 Å². The second-order valence-electron chi connectivity index (χ2n) is 8.88. The van der Waals surface area contributed by atoms with Gasteiger partial charge in [0.15, 0.2) is 11.9 Å². The molecule has 14 N–H and O–H groups in total. The average Bonchev–Trinajstić information content (AvgIpc) is 2.87. The van der Waals surface area contributed by atoms with Gasteiger partial charge < -0.3 is 49.7 Å². The predicted octanol–water partition coefficient (Wildman–Crippen LogP) is -2.78. The fourth-order valence-corrected chi connectivity index (χ4v) is 3.45. The number of aliphatic carboxylic acids is 1. The maximum Gasteiger partial charge on any atom is 0.326 e. The Balaban J connectivity index is 2.82. The van der Waals surface area contributed by atoms with E-state index in [4.69, 9.17) is 28.7 Å². The lowest BCUT2D eigenvalue weighted by Crippen LogP contribution is -2.56. The molecule has 0 saturated heterocycles. The molecule has 1 aromatic rings. The van der Waals surface area contributed by atoms with Crippen molar-refractivity contribution in [3.8, 4) is 0 Å². The van der Waals surface area contributed by atoms with Crippen molar-refractivity contribution in [3.05, 3.63) is 35.9 Å². The molecule has 39 heavy (non-hydrogen) atoms. The SMILES string of the molecule is CC(NC(=O)C(N)Cc1ccccc1)C(=O)NC(CCCN=C(N)N)C(=O)NC(CCCN=C(N)N)C(=O)O. The van der Waals surface area contributed by atoms with Gasteiger partial charge in [0.1, 0.15) is 18.1 Å². The van der Waals surface area contributed by atoms with Crippen molar-refractivity contribution in [1.29, 1.82) is 0 Å². The molecular formula is C24H40N10O5. The smallest absolute Gasteiger partial charge is 0.326 e. The third-order valence-electron chi connectivity index (χ3n) is 5.53. The van der Waals surface area contributed by atoms with Gasteiger partial charge in [-0.25, -0.2) is 4.79 Å². The van der Waals surface area contributed by atoms with E-state index in [-0.39, 0.29) is 44.3 Å². The van der Waals surface area contributed by atoms with E-state index in [1.54, 1.807) is 0 Å². The monoisotopic (exact) mass is 548 g/mol. The first-order valence-corrected chi connectivity index (χ1v) is 12.4. The second-order valence-corrected chi connectivity index (χ2v) is 8.88. The molecule has 0 heterocycles. The molecule has 15 heteroatoms. The van der Waals surface area contributed by atoms with Crippen LogP contribution in [0.3, 0.4) is 0 Å². The van der Waals surface area contributed by atoms with Gasteiger partial charge >= 0.3 is 5.97 Å². The highest BCUT2D eigenvalue weighted by Crippen LogP contribution is 2.05. The summed E-state index contributed by atoms with van der Waals surface area (Å²) >= 11 is 0. The molecule has 0 radical (unpaired) electrons. The zero-order chi connectivity index (χ0) is 29.4. The minimum Gasteiger partial charge on any atom is -0.480 e. The number of carbonyl (C=O) groups excluding carboxylic acids is 3. The van der Waals surface area contributed by atoms with E-state index >= 15 is 0 Å². The van der Waals surface area contributed by atoms with E-state index in [0.717, 1.165) is 5.56 Å². The number of carboxylic acids is 1. The average molecular weight is 549 g/mol. The quantitative estimate of drug-likeness (QED) is 0.0548. The van der Waals surface area contributed by atoms with Crippen LogP contribution in [0.1, 0.15) is 38.2 Å². The first-order chi connectivity index (χ1) is 18.4. The number of benzene rings is 1. The number of nitrogens with two attached hydrogens (primary N) is 5. The van der Waals surface area contributed by atoms with E-state index in [9.17, 15) is 24.3 Å². The Bertz CT molecular complexity index is 1010. The third kappa shape index (κ3) is 13.6. The first-order valence-electron chi connectivity index (χ1n) is 12.4. The number of carboxylic acid groups (broad SMARTS) is 1. The fraction of sp³-hybridized carbons (Fsp3) is 0.500. The molecule has 15 nitrogen and oxygen atoms in total. The van der Waals surface area contributed by atoms with E-state index in [1.807, 2.05) is 30.3 Å². The third-order valence-corrected chi connectivity index (χ3v) is 5.53. The number of amides is 3. The van der Waals surface area contributed by atoms with Crippen LogP contribution in [0, 0.1) is 0 Å². The standard InChI is InChI=1S/C24H40N10O5/c1-14(32-20(36)16(25)13-15-7-3-2-4-8-15)19(35)33-17(9-5-11-30-23(26)27)21(37)34-18(22(38)39)10-6-12-31-24(28)29/h2-4,7-8,14,16-18H,5-6,9-13,25H2,1H3,(H,32,36)(H,33,35)(H,34,37)(H,38,39)(H4,26,27,30)(H4,28,29,31). The highest BCUT2D eigenvalue weighted by atomic mass is 16.4. The summed E-state index contributed by atoms with van der Waals surface area (Å²) in [6.45, 7) is 1.81. The molecule has 3 amide bonds. The van der Waals surface area contributed by atoms with Gasteiger partial charge in [0.05, 0.1) is 6.04 Å². The molecule has 0 bridgehead atoms. The maximum atomic E-state index is 13.0. The van der Waals surface area contributed by atoms with Crippen molar-refractivity contribution < 1.29 is 24.3 Å². The van der Waals surface area contributed by atoms with Gasteiger partial charge in [-0.3, -0.25) is 24.4 Å². The molecule has 216 valence electrons. The number of hydrogen-bond donors (Lipinski definition) is 9. The molecular weight excluding hydrogens is 508 g/mol. The molecule has 1 aromatic carbocycles. The number of carbonyl (C=O) groups is 4. The molecule has 4 atom stereocenters. The number of hydrogen-bond acceptors (Lipinski definition) is 7. The van der Waals surface area contributed by atoms with Crippen molar-refractivity contribution in [1.82, 2.24) is 16.0 Å². The van der Waals surface area contributed by atoms with Crippen LogP contribution in [0.4, 0.5) is 0 Å². The summed E-state index contributed by atoms with van der Waals surface area (Å²) < 4.78 is 0. The topological polar surface area (TPSA) is 279 Å². The highest BCUT2D eigenvalue weighted by Gasteiger charge is 2.28. The van der Waals surface area contributed by atoms with E-state index < -0.39 is 47.9 Å². The Kier molecular flexibility index (Phi) is 14.4. The van der Waals surface area contributed by atoms with Crippen LogP contribution in [0.5, 0.6) is 0 Å². The molecule has 1 rings (SSSR count). The van der Waals surface area contributed by atoms with Crippen molar-refractivity contribution in [2.75, 3.05) is 13.1 Å². The maximum absolute atomic E-state index is 13.0. The summed E-state index contributed by atoms with van der Waals surface area (Å²) in [5.41, 5.74) is 28.0. The summed E-state index contributed by atoms with van der Waals surface area (Å²) in [5, 5.41) is 17.0. The molecule has 0 fully saturated rings. The number of guanidine groups is 2. The Morgan fingerprint density at radius 3 is 1.82 bits per heavy atom. The van der Waals surface area contributed by atoms with Crippen LogP contribution in [0.15, 0.2) is 40.3 Å². The minimum absolute atomic E-state index is 0.0539. The van der Waals surface area contributed by atoms with Crippen molar-refractivity contribution in [2.24, 2.45) is 38.7 Å². The van der Waals surface area contributed by atoms with Gasteiger partial charge in [0, 0.05) is 13.1 Å². The van der Waals surface area contributed by atoms with Gasteiger partial charge in [-0.1, -0.05) is 30.3 Å². The lowest BCUT2D eigenvalue weighted by Gasteiger charge is -2.23. The highest BCUT2D eigenvalue weighted by molar-refractivity contribution is 5.94. The van der Waals surface area contributed by atoms with Crippen LogP contribution in [0.25, 0.3) is 0 Å². The Morgan fingerprint density at radius 2 is 1.31 bits per heavy atom. The van der Waals surface area contributed by atoms with E-state index in [1.165, 1.54) is 6.92 Å². The van der Waals surface area contributed by atoms with Crippen LogP contribution in [-0.2, 0) is 25.6 Å². The predicted molar refractivity (Wildman–Crippen MR) is 147 cm³/mol. The summed E-state index contributed by atoms with van der Waals surface area (Å²) in [5.74, 6) is -3.43. The zero-order valence-corrected chi connectivity index (χ0v) is 22.0. The molecule has 0 spiro atoms. The molecule has 0 aliphatic rings. The van der Waals surface area contributed by atoms with Crippen LogP contribution in [-0.4, -0.2) is 78.0 Å². The molecule has 4 unspecified atom stereocenters. The lowest BCUT2D eigenvalue weighted by molar-refractivity contribution is -0.142. The summed E-state index contributed by atoms with van der Waals surface area (Å²) in [7, 11) is 0. The van der Waals surface area contributed by atoms with E-state index in [0.29, 0.717) is 12.8 Å². The van der Waals surface area contributed by atoms with Gasteiger partial charge in [-0.05, 0) is 44.6 Å². The largest absolute Gasteiger partial charge is 0.480 e. The lowest BCUT2D eigenvalue weighted by atomic mass is 10.1. The number of rotatable bonds is 17. The first kappa shape index (κ1) is 32.6. The normalized spacial score (nSPS) is 13.6. The van der Waals surface area contributed by atoms with Crippen molar-refractivity contribution in [2.45, 2.75) is 63.2 Å². The minimum atomic E-state index is -1.26. The van der Waals surface area contributed by atoms with Gasteiger partial charge in [0.2, 0.25) is 17.7 Å². The Morgan fingerprint density at radius 1 is 0.795 bits per heavy atom. The zero-order valence-electron chi connectivity index (χ0n) is 22.0. The number of nitrogens with zero attached hydrogens (tertiary/aromatic N) is 2. The molecule has 0 saturated carbocycles. The number of aliphatic imine (C=N–C) groups is 2. The number of nitrogens with one attached hydrogen (secondary N) is 3. The van der Waals surface area contributed by atoms with Gasteiger partial charge in [-0.15, -0.1) is 0 Å². The van der Waals surface area contributed by atoms with Crippen LogP contribution >= 0.6 is 0 Å². The van der Waals surface area contributed by atoms with E-state index in [2.05, 4.69) is 25.9 Å². The van der Waals surface area contributed by atoms with Crippen LogP contribution in [0.2, 0.25) is 0 Å². The molecule has 0 aliphatic carbocycles. The van der Waals surface area contributed by atoms with Crippen molar-refractivity contribution >= 4 is 35.6 Å². The summed E-state index contributed by atoms with van der Waals surface area (Å²) in [6.07, 6.45) is 1.03. The summed E-state index contributed by atoms with van der Waals surface area (Å²) in [4.78, 5) is 57.6. The fourth-order valence-electron chi connectivity index (χ4n) is 3.45. The van der Waals surface area contributed by atoms with Gasteiger partial charge in [-0.2, -0.15) is 0 Å². The Hall–Kier alpha value is -4.40. The van der Waals surface area contributed by atoms with Crippen LogP contribution < -0.4 is 44.6 Å². The summed E-state index contributed by atoms with van der Waals surface area (Å²) in [6, 6.07) is 4.89. The molecule has 0 aromatic heterocycles. The van der Waals surface area contributed by atoms with Crippen molar-refractivity contribution in [3.63, 3.8) is 0 Å². The molecule has 0 aliphatic heterocycles.